The van der Waals surface area contributed by atoms with Gasteiger partial charge < -0.3 is 10.0 Å². The van der Waals surface area contributed by atoms with Gasteiger partial charge in [0.25, 0.3) is 0 Å². The summed E-state index contributed by atoms with van der Waals surface area (Å²) < 4.78 is 0. The largest absolute Gasteiger partial charge is 0.480 e. The molecule has 1 aliphatic carbocycles. The fraction of sp³-hybridized carbons (Fsp3) is 0.615. The number of carboxylic acids is 1. The summed E-state index contributed by atoms with van der Waals surface area (Å²) in [6, 6.07) is -0.928. The van der Waals surface area contributed by atoms with E-state index in [1.165, 1.54) is 11.3 Å². The molecular formula is C13H17N3O3S2. The van der Waals surface area contributed by atoms with Crippen molar-refractivity contribution in [2.75, 3.05) is 12.8 Å². The average Bonchev–Trinajstić information content (AvgIpc) is 3.00. The van der Waals surface area contributed by atoms with Crippen LogP contribution in [-0.2, 0) is 11.3 Å². The second-order valence-electron chi connectivity index (χ2n) is 5.44. The SMILES string of the molecule is CN(Cc1cscn1)C(=O)N1C(C(=O)O)CSC1C1CC1. The number of aliphatic carboxylic acids is 1. The normalized spacial score (nSPS) is 25.1. The van der Waals surface area contributed by atoms with Crippen LogP contribution in [0.25, 0.3) is 0 Å². The maximum absolute atomic E-state index is 12.7. The minimum Gasteiger partial charge on any atom is -0.480 e. The molecule has 1 saturated heterocycles. The number of carboxylic acid groups (broad SMARTS) is 1. The number of rotatable bonds is 4. The van der Waals surface area contributed by atoms with E-state index in [1.807, 2.05) is 5.38 Å². The fourth-order valence-corrected chi connectivity index (χ4v) is 4.70. The molecule has 0 bridgehead atoms. The van der Waals surface area contributed by atoms with Crippen LogP contribution in [-0.4, -0.2) is 56.1 Å². The molecule has 6 nitrogen and oxygen atoms in total. The molecule has 0 spiro atoms. The molecule has 21 heavy (non-hydrogen) atoms. The van der Waals surface area contributed by atoms with Crippen LogP contribution in [0.15, 0.2) is 10.9 Å². The second kappa shape index (κ2) is 5.84. The minimum atomic E-state index is -0.916. The molecule has 2 amide bonds. The van der Waals surface area contributed by atoms with E-state index < -0.39 is 12.0 Å². The van der Waals surface area contributed by atoms with Gasteiger partial charge in [-0.05, 0) is 18.8 Å². The zero-order chi connectivity index (χ0) is 15.0. The lowest BCUT2D eigenvalue weighted by atomic mass is 10.2. The molecule has 1 aromatic rings. The van der Waals surface area contributed by atoms with Crippen LogP contribution in [0.1, 0.15) is 18.5 Å². The molecule has 1 saturated carbocycles. The molecule has 2 unspecified atom stereocenters. The van der Waals surface area contributed by atoms with Gasteiger partial charge in [-0.1, -0.05) is 0 Å². The molecule has 2 heterocycles. The number of amides is 2. The minimum absolute atomic E-state index is 0.0106. The number of aromatic nitrogens is 1. The summed E-state index contributed by atoms with van der Waals surface area (Å²) in [6.45, 7) is 0.410. The summed E-state index contributed by atoms with van der Waals surface area (Å²) in [5, 5.41) is 11.3. The summed E-state index contributed by atoms with van der Waals surface area (Å²) in [4.78, 5) is 31.4. The Hall–Kier alpha value is -1.28. The number of thiazole rings is 1. The van der Waals surface area contributed by atoms with Crippen LogP contribution in [0, 0.1) is 5.92 Å². The lowest BCUT2D eigenvalue weighted by Gasteiger charge is -2.31. The van der Waals surface area contributed by atoms with Gasteiger partial charge in [-0.3, -0.25) is 4.90 Å². The van der Waals surface area contributed by atoms with Crippen LogP contribution in [0.5, 0.6) is 0 Å². The van der Waals surface area contributed by atoms with Gasteiger partial charge in [0.2, 0.25) is 0 Å². The average molecular weight is 327 g/mol. The number of carbonyl (C=O) groups is 2. The first-order valence-corrected chi connectivity index (χ1v) is 8.82. The summed E-state index contributed by atoms with van der Waals surface area (Å²) in [5.74, 6) is 0.0179. The summed E-state index contributed by atoms with van der Waals surface area (Å²) in [5.41, 5.74) is 2.56. The monoisotopic (exact) mass is 327 g/mol. The van der Waals surface area contributed by atoms with Crippen molar-refractivity contribution in [3.8, 4) is 0 Å². The predicted octanol–water partition coefficient (Wildman–Crippen LogP) is 1.93. The zero-order valence-electron chi connectivity index (χ0n) is 11.6. The zero-order valence-corrected chi connectivity index (χ0v) is 13.3. The third-order valence-electron chi connectivity index (χ3n) is 3.78. The summed E-state index contributed by atoms with van der Waals surface area (Å²) >= 11 is 3.08. The number of carbonyl (C=O) groups excluding carboxylic acids is 1. The smallest absolute Gasteiger partial charge is 0.327 e. The number of thioether (sulfide) groups is 1. The van der Waals surface area contributed by atoms with E-state index in [0.29, 0.717) is 18.2 Å². The molecule has 2 fully saturated rings. The number of urea groups is 1. The van der Waals surface area contributed by atoms with Gasteiger partial charge in [0.05, 0.1) is 23.1 Å². The third kappa shape index (κ3) is 3.01. The van der Waals surface area contributed by atoms with Crippen LogP contribution in [0.2, 0.25) is 0 Å². The molecular weight excluding hydrogens is 310 g/mol. The Bertz CT molecular complexity index is 533. The Kier molecular flexibility index (Phi) is 4.08. The van der Waals surface area contributed by atoms with Crippen molar-refractivity contribution >= 4 is 35.1 Å². The third-order valence-corrected chi connectivity index (χ3v) is 5.87. The van der Waals surface area contributed by atoms with Crippen LogP contribution in [0.4, 0.5) is 4.79 Å². The van der Waals surface area contributed by atoms with Gasteiger partial charge in [0.1, 0.15) is 6.04 Å². The van der Waals surface area contributed by atoms with Gasteiger partial charge in [-0.25, -0.2) is 14.6 Å². The number of hydrogen-bond donors (Lipinski definition) is 1. The van der Waals surface area contributed by atoms with Gasteiger partial charge in [-0.2, -0.15) is 0 Å². The van der Waals surface area contributed by atoms with E-state index in [9.17, 15) is 14.7 Å². The van der Waals surface area contributed by atoms with E-state index in [2.05, 4.69) is 4.98 Å². The molecule has 3 rings (SSSR count). The second-order valence-corrected chi connectivity index (χ2v) is 7.31. The van der Waals surface area contributed by atoms with Crippen molar-refractivity contribution in [1.29, 1.82) is 0 Å². The van der Waals surface area contributed by atoms with E-state index in [0.717, 1.165) is 18.5 Å². The Balaban J connectivity index is 1.74. The van der Waals surface area contributed by atoms with Crippen LogP contribution < -0.4 is 0 Å². The lowest BCUT2D eigenvalue weighted by molar-refractivity contribution is -0.141. The van der Waals surface area contributed by atoms with Gasteiger partial charge in [0, 0.05) is 18.2 Å². The first-order chi connectivity index (χ1) is 10.1. The van der Waals surface area contributed by atoms with Crippen LogP contribution >= 0.6 is 23.1 Å². The van der Waals surface area contributed by atoms with E-state index in [-0.39, 0.29) is 11.4 Å². The molecule has 0 aromatic carbocycles. The van der Waals surface area contributed by atoms with Crippen molar-refractivity contribution in [2.24, 2.45) is 5.92 Å². The molecule has 1 aromatic heterocycles. The molecule has 1 aliphatic heterocycles. The van der Waals surface area contributed by atoms with Crippen molar-refractivity contribution < 1.29 is 14.7 Å². The molecule has 114 valence electrons. The first-order valence-electron chi connectivity index (χ1n) is 6.83. The van der Waals surface area contributed by atoms with E-state index in [1.54, 1.807) is 34.1 Å². The molecule has 2 atom stereocenters. The van der Waals surface area contributed by atoms with Crippen molar-refractivity contribution in [1.82, 2.24) is 14.8 Å². The Labute approximate surface area is 131 Å². The highest BCUT2D eigenvalue weighted by Gasteiger charge is 2.48. The topological polar surface area (TPSA) is 73.7 Å². The molecule has 0 radical (unpaired) electrons. The lowest BCUT2D eigenvalue weighted by Crippen LogP contribution is -2.51. The summed E-state index contributed by atoms with van der Waals surface area (Å²) in [6.07, 6.45) is 2.17. The standard InChI is InChI=1S/C13H17N3O3S2/c1-15(4-9-5-20-7-14-9)13(19)16-10(12(17)18)6-21-11(16)8-2-3-8/h5,7-8,10-11H,2-4,6H2,1H3,(H,17,18). The van der Waals surface area contributed by atoms with Crippen molar-refractivity contribution in [3.05, 3.63) is 16.6 Å². The van der Waals surface area contributed by atoms with Gasteiger partial charge >= 0.3 is 12.0 Å². The summed E-state index contributed by atoms with van der Waals surface area (Å²) in [7, 11) is 1.70. The Morgan fingerprint density at radius 1 is 1.52 bits per heavy atom. The highest BCUT2D eigenvalue weighted by molar-refractivity contribution is 8.00. The van der Waals surface area contributed by atoms with Gasteiger partial charge in [-0.15, -0.1) is 23.1 Å². The highest BCUT2D eigenvalue weighted by atomic mass is 32.2. The number of nitrogens with zero attached hydrogens (tertiary/aromatic N) is 3. The van der Waals surface area contributed by atoms with Crippen molar-refractivity contribution in [3.63, 3.8) is 0 Å². The predicted molar refractivity (Wildman–Crippen MR) is 81.2 cm³/mol. The molecule has 1 N–H and O–H groups in total. The first kappa shape index (κ1) is 14.6. The number of hydrogen-bond acceptors (Lipinski definition) is 5. The fourth-order valence-electron chi connectivity index (χ4n) is 2.53. The Morgan fingerprint density at radius 2 is 2.29 bits per heavy atom. The maximum atomic E-state index is 12.7. The van der Waals surface area contributed by atoms with E-state index in [4.69, 9.17) is 0 Å². The Morgan fingerprint density at radius 3 is 2.86 bits per heavy atom. The van der Waals surface area contributed by atoms with E-state index >= 15 is 0 Å². The quantitative estimate of drug-likeness (QED) is 0.915. The molecule has 8 heteroatoms. The maximum Gasteiger partial charge on any atom is 0.327 e. The highest BCUT2D eigenvalue weighted by Crippen LogP contribution is 2.45. The van der Waals surface area contributed by atoms with Crippen LogP contribution in [0.3, 0.4) is 0 Å². The molecule has 2 aliphatic rings. The van der Waals surface area contributed by atoms with Crippen molar-refractivity contribution in [2.45, 2.75) is 30.8 Å². The van der Waals surface area contributed by atoms with Gasteiger partial charge in [0.15, 0.2) is 0 Å².